The second-order valence-electron chi connectivity index (χ2n) is 8.89. The number of morpholine rings is 1. The maximum absolute atomic E-state index is 5.50. The minimum absolute atomic E-state index is 0. The van der Waals surface area contributed by atoms with Crippen LogP contribution in [0, 0.1) is 5.92 Å². The van der Waals surface area contributed by atoms with Gasteiger partial charge in [0.1, 0.15) is 0 Å². The number of ether oxygens (including phenoxy) is 1. The average molecular weight is 452 g/mol. The molecule has 2 atom stereocenters. The Morgan fingerprint density at radius 2 is 1.66 bits per heavy atom. The van der Waals surface area contributed by atoms with Crippen LogP contribution >= 0.6 is 12.4 Å². The summed E-state index contributed by atoms with van der Waals surface area (Å²) in [6.07, 6.45) is 7.11. The highest BCUT2D eigenvalue weighted by Gasteiger charge is 2.40. The molecule has 0 N–H and O–H groups in total. The van der Waals surface area contributed by atoms with E-state index in [1.807, 2.05) is 0 Å². The molecule has 2 heterocycles. The minimum Gasteiger partial charge on any atom is -0.379 e. The summed E-state index contributed by atoms with van der Waals surface area (Å²) in [6.45, 7) is 5.99. The van der Waals surface area contributed by atoms with Crippen LogP contribution in [0.3, 0.4) is 0 Å². The van der Waals surface area contributed by atoms with Crippen LogP contribution in [0.5, 0.6) is 0 Å². The maximum Gasteiger partial charge on any atom is 0.0804 e. The summed E-state index contributed by atoms with van der Waals surface area (Å²) in [5, 5.41) is 7.67. The zero-order valence-electron chi connectivity index (χ0n) is 18.7. The van der Waals surface area contributed by atoms with Gasteiger partial charge in [-0.3, -0.25) is 9.91 Å². The van der Waals surface area contributed by atoms with Gasteiger partial charge in [-0.1, -0.05) is 60.7 Å². The van der Waals surface area contributed by atoms with Crippen LogP contribution in [0.15, 0.2) is 71.3 Å². The van der Waals surface area contributed by atoms with Crippen molar-refractivity contribution in [3.05, 3.63) is 77.4 Å². The molecule has 1 aliphatic carbocycles. The molecule has 3 aliphatic rings. The largest absolute Gasteiger partial charge is 0.379 e. The molecule has 0 aromatic heterocycles. The molecule has 1 saturated carbocycles. The van der Waals surface area contributed by atoms with E-state index in [-0.39, 0.29) is 12.4 Å². The van der Waals surface area contributed by atoms with E-state index in [2.05, 4.69) is 76.6 Å². The van der Waals surface area contributed by atoms with E-state index in [9.17, 15) is 0 Å². The summed E-state index contributed by atoms with van der Waals surface area (Å²) in [6, 6.07) is 22.1. The quantitative estimate of drug-likeness (QED) is 0.586. The molecule has 170 valence electrons. The maximum atomic E-state index is 5.50. The smallest absolute Gasteiger partial charge is 0.0804 e. The SMILES string of the molecule is C(=C1\CCCC2C1=NN(CCCN1CCOCC1)C2c1ccccc1)/c1ccccc1.Cl. The van der Waals surface area contributed by atoms with E-state index >= 15 is 0 Å². The first kappa shape index (κ1) is 23.0. The number of benzene rings is 2. The predicted molar refractivity (Wildman–Crippen MR) is 134 cm³/mol. The first-order chi connectivity index (χ1) is 15.4. The highest BCUT2D eigenvalue weighted by molar-refractivity contribution is 6.07. The number of allylic oxidation sites excluding steroid dienone is 1. The van der Waals surface area contributed by atoms with Crippen molar-refractivity contribution in [1.29, 1.82) is 0 Å². The Morgan fingerprint density at radius 1 is 0.938 bits per heavy atom. The van der Waals surface area contributed by atoms with Gasteiger partial charge in [-0.15, -0.1) is 12.4 Å². The Kier molecular flexibility index (Phi) is 8.01. The van der Waals surface area contributed by atoms with Gasteiger partial charge in [-0.25, -0.2) is 0 Å². The Hall–Kier alpha value is -2.14. The van der Waals surface area contributed by atoms with Gasteiger partial charge in [0.2, 0.25) is 0 Å². The van der Waals surface area contributed by atoms with Crippen LogP contribution in [-0.4, -0.2) is 55.0 Å². The van der Waals surface area contributed by atoms with Crippen molar-refractivity contribution in [3.63, 3.8) is 0 Å². The van der Waals surface area contributed by atoms with Gasteiger partial charge in [0.05, 0.1) is 25.0 Å². The third-order valence-corrected chi connectivity index (χ3v) is 6.83. The summed E-state index contributed by atoms with van der Waals surface area (Å²) in [4.78, 5) is 2.53. The van der Waals surface area contributed by atoms with E-state index in [1.54, 1.807) is 0 Å². The lowest BCUT2D eigenvalue weighted by Crippen LogP contribution is -2.38. The predicted octanol–water partition coefficient (Wildman–Crippen LogP) is 5.43. The Bertz CT molecular complexity index is 909. The monoisotopic (exact) mass is 451 g/mol. The molecule has 0 bridgehead atoms. The summed E-state index contributed by atoms with van der Waals surface area (Å²) < 4.78 is 5.50. The number of hydrogen-bond donors (Lipinski definition) is 0. The van der Waals surface area contributed by atoms with Crippen LogP contribution in [0.25, 0.3) is 6.08 Å². The molecule has 2 aromatic carbocycles. The summed E-state index contributed by atoms with van der Waals surface area (Å²) in [5.41, 5.74) is 5.44. The second kappa shape index (κ2) is 11.1. The average Bonchev–Trinajstić information content (AvgIpc) is 3.20. The lowest BCUT2D eigenvalue weighted by Gasteiger charge is -2.31. The molecule has 4 nitrogen and oxygen atoms in total. The van der Waals surface area contributed by atoms with Crippen LogP contribution < -0.4 is 0 Å². The molecule has 5 heteroatoms. The molecule has 2 fully saturated rings. The molecular formula is C27H34ClN3O. The molecule has 2 unspecified atom stereocenters. The van der Waals surface area contributed by atoms with Crippen molar-refractivity contribution in [1.82, 2.24) is 9.91 Å². The summed E-state index contributed by atoms with van der Waals surface area (Å²) in [7, 11) is 0. The van der Waals surface area contributed by atoms with Crippen LogP contribution in [0.1, 0.15) is 42.9 Å². The molecule has 2 aliphatic heterocycles. The number of fused-ring (bicyclic) bond motifs is 1. The minimum atomic E-state index is 0. The zero-order chi connectivity index (χ0) is 20.9. The van der Waals surface area contributed by atoms with E-state index in [4.69, 9.17) is 9.84 Å². The van der Waals surface area contributed by atoms with E-state index in [0.717, 1.165) is 52.2 Å². The molecular weight excluding hydrogens is 418 g/mol. The Balaban J connectivity index is 0.00000245. The molecule has 5 rings (SSSR count). The van der Waals surface area contributed by atoms with Crippen molar-refractivity contribution in [3.8, 4) is 0 Å². The van der Waals surface area contributed by atoms with E-state index in [0.29, 0.717) is 12.0 Å². The van der Waals surface area contributed by atoms with Gasteiger partial charge < -0.3 is 4.74 Å². The standard InChI is InChI=1S/C27H33N3O.ClH/c1-3-9-22(10-4-1)21-24-13-7-14-25-26(24)28-30(27(25)23-11-5-2-6-12-23)16-8-15-29-17-19-31-20-18-29;/h1-6,9-12,21,25,27H,7-8,13-20H2;1H/b24-21-;. The first-order valence-electron chi connectivity index (χ1n) is 11.8. The second-order valence-corrected chi connectivity index (χ2v) is 8.89. The molecule has 0 radical (unpaired) electrons. The van der Waals surface area contributed by atoms with Crippen LogP contribution in [0.2, 0.25) is 0 Å². The summed E-state index contributed by atoms with van der Waals surface area (Å²) >= 11 is 0. The van der Waals surface area contributed by atoms with Crippen LogP contribution in [-0.2, 0) is 4.74 Å². The molecule has 2 aromatic rings. The summed E-state index contributed by atoms with van der Waals surface area (Å²) in [5.74, 6) is 0.495. The fraction of sp³-hybridized carbons (Fsp3) is 0.444. The fourth-order valence-electron chi connectivity index (χ4n) is 5.29. The highest BCUT2D eigenvalue weighted by Crippen LogP contribution is 2.44. The molecule has 0 spiro atoms. The fourth-order valence-corrected chi connectivity index (χ4v) is 5.29. The van der Waals surface area contributed by atoms with Gasteiger partial charge >= 0.3 is 0 Å². The van der Waals surface area contributed by atoms with Crippen molar-refractivity contribution in [2.75, 3.05) is 39.4 Å². The topological polar surface area (TPSA) is 28.1 Å². The van der Waals surface area contributed by atoms with Crippen molar-refractivity contribution in [2.24, 2.45) is 11.0 Å². The number of nitrogens with zero attached hydrogens (tertiary/aromatic N) is 3. The van der Waals surface area contributed by atoms with Crippen molar-refractivity contribution >= 4 is 24.2 Å². The molecule has 32 heavy (non-hydrogen) atoms. The number of halogens is 1. The van der Waals surface area contributed by atoms with Crippen LogP contribution in [0.4, 0.5) is 0 Å². The van der Waals surface area contributed by atoms with Crippen molar-refractivity contribution in [2.45, 2.75) is 31.7 Å². The lowest BCUT2D eigenvalue weighted by atomic mass is 9.77. The van der Waals surface area contributed by atoms with Gasteiger partial charge in [0, 0.05) is 32.1 Å². The number of hydrogen-bond acceptors (Lipinski definition) is 4. The van der Waals surface area contributed by atoms with Gasteiger partial charge in [0.25, 0.3) is 0 Å². The number of rotatable bonds is 6. The van der Waals surface area contributed by atoms with Gasteiger partial charge in [0.15, 0.2) is 0 Å². The first-order valence-corrected chi connectivity index (χ1v) is 11.8. The van der Waals surface area contributed by atoms with Gasteiger partial charge in [-0.2, -0.15) is 5.10 Å². The third-order valence-electron chi connectivity index (χ3n) is 6.83. The highest BCUT2D eigenvalue weighted by atomic mass is 35.5. The molecule has 1 saturated heterocycles. The van der Waals surface area contributed by atoms with E-state index in [1.165, 1.54) is 35.3 Å². The molecule has 0 amide bonds. The number of hydrazone groups is 1. The van der Waals surface area contributed by atoms with Crippen molar-refractivity contribution < 1.29 is 4.74 Å². The lowest BCUT2D eigenvalue weighted by molar-refractivity contribution is 0.0354. The Morgan fingerprint density at radius 3 is 2.41 bits per heavy atom. The third kappa shape index (κ3) is 5.25. The van der Waals surface area contributed by atoms with Gasteiger partial charge in [-0.05, 0) is 48.5 Å². The van der Waals surface area contributed by atoms with E-state index < -0.39 is 0 Å². The zero-order valence-corrected chi connectivity index (χ0v) is 19.6. The Labute approximate surface area is 198 Å². The normalized spacial score (nSPS) is 24.7.